The predicted molar refractivity (Wildman–Crippen MR) is 108 cm³/mol. The minimum Gasteiger partial charge on any atom is -0.492 e. The smallest absolute Gasteiger partial charge is 0.254 e. The highest BCUT2D eigenvalue weighted by molar-refractivity contribution is 5.94. The molecule has 154 valence electrons. The van der Waals surface area contributed by atoms with Crippen LogP contribution in [0.25, 0.3) is 0 Å². The van der Waals surface area contributed by atoms with Crippen LogP contribution >= 0.6 is 0 Å². The average Bonchev–Trinajstić information content (AvgIpc) is 2.74. The van der Waals surface area contributed by atoms with Crippen LogP contribution in [-0.4, -0.2) is 67.5 Å². The van der Waals surface area contributed by atoms with Gasteiger partial charge in [0.25, 0.3) is 5.91 Å². The Bertz CT molecular complexity index is 836. The number of rotatable bonds is 7. The van der Waals surface area contributed by atoms with Gasteiger partial charge in [0.15, 0.2) is 0 Å². The molecule has 0 saturated carbocycles. The number of para-hydroxylation sites is 1. The van der Waals surface area contributed by atoms with Gasteiger partial charge in [0, 0.05) is 31.7 Å². The highest BCUT2D eigenvalue weighted by Gasteiger charge is 2.23. The second kappa shape index (κ2) is 10.0. The van der Waals surface area contributed by atoms with Crippen LogP contribution in [0.2, 0.25) is 0 Å². The fourth-order valence-electron chi connectivity index (χ4n) is 3.15. The van der Waals surface area contributed by atoms with Crippen molar-refractivity contribution in [1.82, 2.24) is 15.1 Å². The van der Waals surface area contributed by atoms with E-state index in [0.29, 0.717) is 50.5 Å². The first-order chi connectivity index (χ1) is 14.0. The van der Waals surface area contributed by atoms with E-state index in [1.165, 1.54) is 6.07 Å². The second-order valence-electron chi connectivity index (χ2n) is 7.04. The van der Waals surface area contributed by atoms with Crippen LogP contribution in [0.3, 0.4) is 0 Å². The molecule has 2 amide bonds. The van der Waals surface area contributed by atoms with Gasteiger partial charge in [0.05, 0.1) is 13.1 Å². The van der Waals surface area contributed by atoms with E-state index in [2.05, 4.69) is 5.32 Å². The number of carbonyl (C=O) groups excluding carboxylic acids is 2. The first-order valence-corrected chi connectivity index (χ1v) is 9.75. The number of nitrogens with zero attached hydrogens (tertiary/aromatic N) is 2. The van der Waals surface area contributed by atoms with Crippen LogP contribution in [0.5, 0.6) is 5.75 Å². The van der Waals surface area contributed by atoms with E-state index in [1.54, 1.807) is 24.0 Å². The zero-order chi connectivity index (χ0) is 20.6. The van der Waals surface area contributed by atoms with Gasteiger partial charge in [-0.2, -0.15) is 0 Å². The van der Waals surface area contributed by atoms with Gasteiger partial charge in [-0.3, -0.25) is 14.5 Å². The summed E-state index contributed by atoms with van der Waals surface area (Å²) in [5.41, 5.74) is 0.879. The molecule has 0 aromatic heterocycles. The summed E-state index contributed by atoms with van der Waals surface area (Å²) in [6.07, 6.45) is 0. The van der Waals surface area contributed by atoms with E-state index in [1.807, 2.05) is 35.2 Å². The molecule has 0 bridgehead atoms. The summed E-state index contributed by atoms with van der Waals surface area (Å²) in [6, 6.07) is 14.0. The van der Waals surface area contributed by atoms with Crippen LogP contribution < -0.4 is 10.1 Å². The van der Waals surface area contributed by atoms with Crippen molar-refractivity contribution in [2.45, 2.75) is 6.92 Å². The lowest BCUT2D eigenvalue weighted by atomic mass is 10.1. The Morgan fingerprint density at radius 1 is 1.07 bits per heavy atom. The lowest BCUT2D eigenvalue weighted by Crippen LogP contribution is -2.51. The highest BCUT2D eigenvalue weighted by atomic mass is 19.1. The van der Waals surface area contributed by atoms with E-state index < -0.39 is 0 Å². The SMILES string of the molecule is Cc1ccc(C(=O)N2CCN(CC(=O)NCCOc3ccccc3)CC2)cc1F. The number of hydrogen-bond donors (Lipinski definition) is 1. The molecule has 0 unspecified atom stereocenters. The molecule has 3 rings (SSSR count). The third kappa shape index (κ3) is 6.02. The molecule has 29 heavy (non-hydrogen) atoms. The predicted octanol–water partition coefficient (Wildman–Crippen LogP) is 2.09. The number of hydrogen-bond acceptors (Lipinski definition) is 4. The minimum absolute atomic E-state index is 0.0676. The maximum Gasteiger partial charge on any atom is 0.254 e. The number of ether oxygens (including phenoxy) is 1. The van der Waals surface area contributed by atoms with Crippen LogP contribution in [0, 0.1) is 12.7 Å². The van der Waals surface area contributed by atoms with Gasteiger partial charge in [0.1, 0.15) is 18.2 Å². The zero-order valence-electron chi connectivity index (χ0n) is 16.6. The molecule has 2 aromatic rings. The summed E-state index contributed by atoms with van der Waals surface area (Å²) in [4.78, 5) is 28.3. The van der Waals surface area contributed by atoms with E-state index >= 15 is 0 Å². The first kappa shape index (κ1) is 20.8. The lowest BCUT2D eigenvalue weighted by molar-refractivity contribution is -0.122. The maximum absolute atomic E-state index is 13.7. The first-order valence-electron chi connectivity index (χ1n) is 9.75. The van der Waals surface area contributed by atoms with Crippen molar-refractivity contribution in [3.05, 3.63) is 65.5 Å². The molecule has 1 aliphatic heterocycles. The summed E-state index contributed by atoms with van der Waals surface area (Å²) in [6.45, 7) is 5.03. The van der Waals surface area contributed by atoms with Gasteiger partial charge in [-0.05, 0) is 36.8 Å². The van der Waals surface area contributed by atoms with Crippen molar-refractivity contribution in [1.29, 1.82) is 0 Å². The number of carbonyl (C=O) groups is 2. The molecule has 0 radical (unpaired) electrons. The van der Waals surface area contributed by atoms with Gasteiger partial charge < -0.3 is 15.0 Å². The lowest BCUT2D eigenvalue weighted by Gasteiger charge is -2.34. The van der Waals surface area contributed by atoms with Gasteiger partial charge in [0.2, 0.25) is 5.91 Å². The Balaban J connectivity index is 1.36. The van der Waals surface area contributed by atoms with Gasteiger partial charge in [-0.15, -0.1) is 0 Å². The molecule has 1 N–H and O–H groups in total. The van der Waals surface area contributed by atoms with E-state index in [0.717, 1.165) is 5.75 Å². The fraction of sp³-hybridized carbons (Fsp3) is 0.364. The van der Waals surface area contributed by atoms with Crippen LogP contribution in [0.1, 0.15) is 15.9 Å². The van der Waals surface area contributed by atoms with E-state index in [4.69, 9.17) is 4.74 Å². The quantitative estimate of drug-likeness (QED) is 0.725. The zero-order valence-corrected chi connectivity index (χ0v) is 16.6. The van der Waals surface area contributed by atoms with Crippen molar-refractivity contribution in [2.24, 2.45) is 0 Å². The molecule has 1 aliphatic rings. The van der Waals surface area contributed by atoms with Crippen molar-refractivity contribution in [3.8, 4) is 5.75 Å². The van der Waals surface area contributed by atoms with Crippen LogP contribution in [0.4, 0.5) is 4.39 Å². The Morgan fingerprint density at radius 3 is 2.48 bits per heavy atom. The number of aryl methyl sites for hydroxylation is 1. The monoisotopic (exact) mass is 399 g/mol. The molecule has 0 atom stereocenters. The summed E-state index contributed by atoms with van der Waals surface area (Å²) >= 11 is 0. The van der Waals surface area contributed by atoms with E-state index in [-0.39, 0.29) is 24.2 Å². The minimum atomic E-state index is -0.373. The topological polar surface area (TPSA) is 61.9 Å². The van der Waals surface area contributed by atoms with Crippen molar-refractivity contribution in [2.75, 3.05) is 45.9 Å². The van der Waals surface area contributed by atoms with Crippen LogP contribution in [0.15, 0.2) is 48.5 Å². The number of benzene rings is 2. The normalized spacial score (nSPS) is 14.5. The molecule has 6 nitrogen and oxygen atoms in total. The maximum atomic E-state index is 13.7. The summed E-state index contributed by atoms with van der Waals surface area (Å²) in [5.74, 6) is 0.159. The Morgan fingerprint density at radius 2 is 1.79 bits per heavy atom. The largest absolute Gasteiger partial charge is 0.492 e. The summed E-state index contributed by atoms with van der Waals surface area (Å²) < 4.78 is 19.2. The van der Waals surface area contributed by atoms with Crippen molar-refractivity contribution in [3.63, 3.8) is 0 Å². The number of amides is 2. The van der Waals surface area contributed by atoms with Crippen LogP contribution in [-0.2, 0) is 4.79 Å². The van der Waals surface area contributed by atoms with Crippen molar-refractivity contribution < 1.29 is 18.7 Å². The van der Waals surface area contributed by atoms with Crippen molar-refractivity contribution >= 4 is 11.8 Å². The molecule has 7 heteroatoms. The third-order valence-corrected chi connectivity index (χ3v) is 4.88. The molecule has 0 spiro atoms. The number of piperazine rings is 1. The average molecular weight is 399 g/mol. The molecular weight excluding hydrogens is 373 g/mol. The van der Waals surface area contributed by atoms with Gasteiger partial charge in [-0.1, -0.05) is 24.3 Å². The Labute approximate surface area is 170 Å². The number of nitrogens with one attached hydrogen (secondary N) is 1. The standard InChI is InChI=1S/C22H26FN3O3/c1-17-7-8-18(15-20(17)23)22(28)26-12-10-25(11-13-26)16-21(27)24-9-14-29-19-5-3-2-4-6-19/h2-8,15H,9-14,16H2,1H3,(H,24,27). The molecule has 1 fully saturated rings. The molecule has 1 saturated heterocycles. The summed E-state index contributed by atoms with van der Waals surface area (Å²) in [7, 11) is 0. The third-order valence-electron chi connectivity index (χ3n) is 4.88. The van der Waals surface area contributed by atoms with Gasteiger partial charge >= 0.3 is 0 Å². The summed E-state index contributed by atoms with van der Waals surface area (Å²) in [5, 5.41) is 2.84. The Hall–Kier alpha value is -2.93. The molecular formula is C22H26FN3O3. The number of halogens is 1. The molecule has 0 aliphatic carbocycles. The second-order valence-corrected chi connectivity index (χ2v) is 7.04. The fourth-order valence-corrected chi connectivity index (χ4v) is 3.15. The Kier molecular flexibility index (Phi) is 7.19. The highest BCUT2D eigenvalue weighted by Crippen LogP contribution is 2.13. The molecule has 1 heterocycles. The molecule has 2 aromatic carbocycles. The van der Waals surface area contributed by atoms with E-state index in [9.17, 15) is 14.0 Å². The van der Waals surface area contributed by atoms with Gasteiger partial charge in [-0.25, -0.2) is 4.39 Å².